The number of halogens is 4. The van der Waals surface area contributed by atoms with Gasteiger partial charge >= 0.3 is 0 Å². The second kappa shape index (κ2) is 8.08. The lowest BCUT2D eigenvalue weighted by Gasteiger charge is -2.20. The van der Waals surface area contributed by atoms with Crippen LogP contribution in [0.4, 0.5) is 18.9 Å². The molecule has 0 aromatic heterocycles. The van der Waals surface area contributed by atoms with Crippen molar-refractivity contribution in [2.75, 3.05) is 31.6 Å². The summed E-state index contributed by atoms with van der Waals surface area (Å²) in [6, 6.07) is 3.61. The van der Waals surface area contributed by atoms with Gasteiger partial charge in [0.15, 0.2) is 0 Å². The van der Waals surface area contributed by atoms with Gasteiger partial charge in [-0.1, -0.05) is 11.6 Å². The van der Waals surface area contributed by atoms with E-state index < -0.39 is 24.7 Å². The van der Waals surface area contributed by atoms with Crippen LogP contribution in [0.1, 0.15) is 0 Å². The SMILES string of the molecule is O=C(CN(CCO)CC(F)F)Nc1ccc(F)c(Cl)c1. The van der Waals surface area contributed by atoms with Crippen molar-refractivity contribution in [3.63, 3.8) is 0 Å². The van der Waals surface area contributed by atoms with E-state index in [1.165, 1.54) is 12.1 Å². The van der Waals surface area contributed by atoms with Crippen molar-refractivity contribution in [3.8, 4) is 0 Å². The Balaban J connectivity index is 2.58. The molecule has 0 saturated carbocycles. The van der Waals surface area contributed by atoms with Gasteiger partial charge in [0.05, 0.1) is 24.7 Å². The molecule has 1 aromatic carbocycles. The molecule has 0 spiro atoms. The van der Waals surface area contributed by atoms with Crippen molar-refractivity contribution in [1.82, 2.24) is 4.90 Å². The highest BCUT2D eigenvalue weighted by atomic mass is 35.5. The van der Waals surface area contributed by atoms with E-state index in [0.717, 1.165) is 11.0 Å². The van der Waals surface area contributed by atoms with E-state index in [2.05, 4.69) is 5.32 Å². The molecule has 0 fully saturated rings. The lowest BCUT2D eigenvalue weighted by Crippen LogP contribution is -2.38. The fourth-order valence-corrected chi connectivity index (χ4v) is 1.73. The number of anilines is 1. The number of nitrogens with zero attached hydrogens (tertiary/aromatic N) is 1. The second-order valence-corrected chi connectivity index (χ2v) is 4.43. The van der Waals surface area contributed by atoms with E-state index in [4.69, 9.17) is 16.7 Å². The fourth-order valence-electron chi connectivity index (χ4n) is 1.55. The minimum atomic E-state index is -2.60. The second-order valence-electron chi connectivity index (χ2n) is 4.03. The molecule has 8 heteroatoms. The van der Waals surface area contributed by atoms with Crippen molar-refractivity contribution in [3.05, 3.63) is 29.0 Å². The van der Waals surface area contributed by atoms with Gasteiger partial charge in [0.25, 0.3) is 6.43 Å². The highest BCUT2D eigenvalue weighted by Crippen LogP contribution is 2.19. The Morgan fingerprint density at radius 1 is 1.45 bits per heavy atom. The van der Waals surface area contributed by atoms with Crippen molar-refractivity contribution in [2.45, 2.75) is 6.43 Å². The predicted molar refractivity (Wildman–Crippen MR) is 69.6 cm³/mol. The van der Waals surface area contributed by atoms with Crippen LogP contribution in [0.2, 0.25) is 5.02 Å². The van der Waals surface area contributed by atoms with Crippen LogP contribution < -0.4 is 5.32 Å². The number of rotatable bonds is 7. The van der Waals surface area contributed by atoms with Gasteiger partial charge in [-0.05, 0) is 18.2 Å². The van der Waals surface area contributed by atoms with E-state index >= 15 is 0 Å². The summed E-state index contributed by atoms with van der Waals surface area (Å²) >= 11 is 5.55. The first kappa shape index (κ1) is 16.7. The number of alkyl halides is 2. The normalized spacial score (nSPS) is 11.2. The van der Waals surface area contributed by atoms with Crippen LogP contribution in [-0.2, 0) is 4.79 Å². The van der Waals surface area contributed by atoms with E-state index in [9.17, 15) is 18.0 Å². The van der Waals surface area contributed by atoms with Crippen LogP contribution >= 0.6 is 11.6 Å². The maximum Gasteiger partial charge on any atom is 0.251 e. The lowest BCUT2D eigenvalue weighted by molar-refractivity contribution is -0.117. The standard InChI is InChI=1S/C12H14ClF3N2O2/c13-9-5-8(1-2-10(9)14)17-12(20)7-18(3-4-19)6-11(15)16/h1-2,5,11,19H,3-4,6-7H2,(H,17,20). The smallest absolute Gasteiger partial charge is 0.251 e. The molecular weight excluding hydrogens is 297 g/mol. The Labute approximate surface area is 119 Å². The molecule has 4 nitrogen and oxygen atoms in total. The molecule has 0 radical (unpaired) electrons. The Morgan fingerprint density at radius 3 is 2.70 bits per heavy atom. The Hall–Kier alpha value is -1.31. The predicted octanol–water partition coefficient (Wildman–Crippen LogP) is 1.98. The highest BCUT2D eigenvalue weighted by Gasteiger charge is 2.15. The monoisotopic (exact) mass is 310 g/mol. The summed E-state index contributed by atoms with van der Waals surface area (Å²) in [7, 11) is 0. The summed E-state index contributed by atoms with van der Waals surface area (Å²) in [6.07, 6.45) is -2.60. The number of carbonyl (C=O) groups is 1. The number of aliphatic hydroxyl groups excluding tert-OH is 1. The molecule has 0 aliphatic carbocycles. The molecular formula is C12H14ClF3N2O2. The van der Waals surface area contributed by atoms with E-state index in [1.807, 2.05) is 0 Å². The number of nitrogens with one attached hydrogen (secondary N) is 1. The van der Waals surface area contributed by atoms with Gasteiger partial charge in [0.2, 0.25) is 5.91 Å². The van der Waals surface area contributed by atoms with Crippen LogP contribution in [0.15, 0.2) is 18.2 Å². The lowest BCUT2D eigenvalue weighted by atomic mass is 10.3. The number of hydrogen-bond donors (Lipinski definition) is 2. The average Bonchev–Trinajstić information content (AvgIpc) is 2.33. The van der Waals surface area contributed by atoms with Crippen molar-refractivity contribution in [1.29, 1.82) is 0 Å². The van der Waals surface area contributed by atoms with Crippen molar-refractivity contribution < 1.29 is 23.1 Å². The third-order valence-corrected chi connectivity index (χ3v) is 2.67. The third-order valence-electron chi connectivity index (χ3n) is 2.38. The first-order chi connectivity index (χ1) is 9.42. The van der Waals surface area contributed by atoms with E-state index in [-0.39, 0.29) is 30.4 Å². The third kappa shape index (κ3) is 5.77. The van der Waals surface area contributed by atoms with Crippen molar-refractivity contribution in [2.24, 2.45) is 0 Å². The van der Waals surface area contributed by atoms with Gasteiger partial charge in [-0.2, -0.15) is 0 Å². The summed E-state index contributed by atoms with van der Waals surface area (Å²) in [5.74, 6) is -1.17. The minimum Gasteiger partial charge on any atom is -0.395 e. The number of amides is 1. The first-order valence-corrected chi connectivity index (χ1v) is 6.16. The molecule has 0 aliphatic rings. The summed E-state index contributed by atoms with van der Waals surface area (Å²) in [5, 5.41) is 11.0. The fraction of sp³-hybridized carbons (Fsp3) is 0.417. The molecule has 112 valence electrons. The van der Waals surface area contributed by atoms with Gasteiger partial charge < -0.3 is 10.4 Å². The molecule has 1 amide bonds. The number of benzene rings is 1. The van der Waals surface area contributed by atoms with Gasteiger partial charge in [0.1, 0.15) is 5.82 Å². The molecule has 20 heavy (non-hydrogen) atoms. The molecule has 0 saturated heterocycles. The minimum absolute atomic E-state index is 0.0397. The van der Waals surface area contributed by atoms with E-state index in [0.29, 0.717) is 0 Å². The van der Waals surface area contributed by atoms with Crippen LogP contribution in [0, 0.1) is 5.82 Å². The Bertz CT molecular complexity index is 460. The quantitative estimate of drug-likeness (QED) is 0.809. The topological polar surface area (TPSA) is 52.6 Å². The zero-order valence-corrected chi connectivity index (χ0v) is 11.2. The zero-order chi connectivity index (χ0) is 15.1. The van der Waals surface area contributed by atoms with Gasteiger partial charge in [-0.15, -0.1) is 0 Å². The molecule has 1 rings (SSSR count). The average molecular weight is 311 g/mol. The Kier molecular flexibility index (Phi) is 6.77. The van der Waals surface area contributed by atoms with Gasteiger partial charge in [0, 0.05) is 12.2 Å². The van der Waals surface area contributed by atoms with Crippen molar-refractivity contribution >= 4 is 23.2 Å². The van der Waals surface area contributed by atoms with E-state index in [1.54, 1.807) is 0 Å². The van der Waals surface area contributed by atoms with Gasteiger partial charge in [-0.3, -0.25) is 9.69 Å². The number of carbonyl (C=O) groups excluding carboxylic acids is 1. The maximum atomic E-state index is 12.9. The van der Waals surface area contributed by atoms with Crippen LogP contribution in [0.5, 0.6) is 0 Å². The molecule has 1 aromatic rings. The molecule has 2 N–H and O–H groups in total. The van der Waals surface area contributed by atoms with Crippen LogP contribution in [-0.4, -0.2) is 48.6 Å². The molecule has 0 unspecified atom stereocenters. The van der Waals surface area contributed by atoms with Gasteiger partial charge in [-0.25, -0.2) is 13.2 Å². The van der Waals surface area contributed by atoms with Crippen LogP contribution in [0.3, 0.4) is 0 Å². The first-order valence-electron chi connectivity index (χ1n) is 5.78. The molecule has 0 bridgehead atoms. The zero-order valence-electron chi connectivity index (χ0n) is 10.5. The van der Waals surface area contributed by atoms with Crippen LogP contribution in [0.25, 0.3) is 0 Å². The molecule has 0 atom stereocenters. The summed E-state index contributed by atoms with van der Waals surface area (Å²) in [4.78, 5) is 12.8. The molecule has 0 heterocycles. The Morgan fingerprint density at radius 2 is 2.15 bits per heavy atom. The highest BCUT2D eigenvalue weighted by molar-refractivity contribution is 6.31. The number of aliphatic hydroxyl groups is 1. The molecule has 0 aliphatic heterocycles. The summed E-state index contributed by atoms with van der Waals surface area (Å²) in [5.41, 5.74) is 0.266. The largest absolute Gasteiger partial charge is 0.395 e. The number of hydrogen-bond acceptors (Lipinski definition) is 3. The summed E-state index contributed by atoms with van der Waals surface area (Å²) < 4.78 is 37.5. The maximum absolute atomic E-state index is 12.9. The summed E-state index contributed by atoms with van der Waals surface area (Å²) in [6.45, 7) is -1.29.